The zero-order valence-electron chi connectivity index (χ0n) is 14.4. The molecule has 0 unspecified atom stereocenters. The summed E-state index contributed by atoms with van der Waals surface area (Å²) in [6.45, 7) is 2.48. The molecule has 0 bridgehead atoms. The molecular formula is C17H22FN3O3S. The number of aryl methyl sites for hydroxylation is 1. The monoisotopic (exact) mass is 367 g/mol. The number of benzene rings is 1. The van der Waals surface area contributed by atoms with E-state index in [0.29, 0.717) is 13.2 Å². The summed E-state index contributed by atoms with van der Waals surface area (Å²) in [7, 11) is -2.00. The van der Waals surface area contributed by atoms with E-state index in [4.69, 9.17) is 4.74 Å². The molecule has 1 aromatic carbocycles. The molecule has 2 heterocycles. The van der Waals surface area contributed by atoms with Crippen molar-refractivity contribution in [2.45, 2.75) is 37.1 Å². The number of hydrogen-bond donors (Lipinski definition) is 0. The van der Waals surface area contributed by atoms with Gasteiger partial charge in [0.05, 0.1) is 23.7 Å². The molecule has 25 heavy (non-hydrogen) atoms. The summed E-state index contributed by atoms with van der Waals surface area (Å²) in [4.78, 5) is -0.0516. The van der Waals surface area contributed by atoms with Gasteiger partial charge in [-0.25, -0.2) is 12.8 Å². The van der Waals surface area contributed by atoms with Crippen molar-refractivity contribution >= 4 is 10.0 Å². The summed E-state index contributed by atoms with van der Waals surface area (Å²) >= 11 is 0. The molecule has 1 fully saturated rings. The predicted molar refractivity (Wildman–Crippen MR) is 91.3 cm³/mol. The number of nitrogens with zero attached hydrogens (tertiary/aromatic N) is 3. The minimum absolute atomic E-state index is 0.0516. The van der Waals surface area contributed by atoms with Crippen LogP contribution in [0.1, 0.15) is 37.8 Å². The van der Waals surface area contributed by atoms with Gasteiger partial charge in [0.25, 0.3) is 0 Å². The van der Waals surface area contributed by atoms with Crippen LogP contribution in [0.5, 0.6) is 5.75 Å². The highest BCUT2D eigenvalue weighted by molar-refractivity contribution is 7.89. The van der Waals surface area contributed by atoms with Gasteiger partial charge < -0.3 is 4.74 Å². The maximum Gasteiger partial charge on any atom is 0.243 e. The lowest BCUT2D eigenvalue weighted by Gasteiger charge is -2.34. The number of hydrogen-bond acceptors (Lipinski definition) is 4. The summed E-state index contributed by atoms with van der Waals surface area (Å²) in [6, 6.07) is 3.53. The summed E-state index contributed by atoms with van der Waals surface area (Å²) in [6.07, 6.45) is 5.98. The van der Waals surface area contributed by atoms with Crippen LogP contribution in [0, 0.1) is 5.82 Å². The van der Waals surface area contributed by atoms with Crippen LogP contribution < -0.4 is 4.74 Å². The second-order valence-electron chi connectivity index (χ2n) is 6.10. The minimum atomic E-state index is -3.80. The van der Waals surface area contributed by atoms with Crippen molar-refractivity contribution < 1.29 is 17.5 Å². The molecule has 1 atom stereocenters. The summed E-state index contributed by atoms with van der Waals surface area (Å²) in [5, 5.41) is 4.15. The first-order valence-corrected chi connectivity index (χ1v) is 9.80. The smallest absolute Gasteiger partial charge is 0.243 e. The lowest BCUT2D eigenvalue weighted by Crippen LogP contribution is -2.38. The third-order valence-corrected chi connectivity index (χ3v) is 6.28. The Hall–Kier alpha value is -1.93. The maximum absolute atomic E-state index is 14.1. The van der Waals surface area contributed by atoms with Crippen LogP contribution in [0.25, 0.3) is 0 Å². The minimum Gasteiger partial charge on any atom is -0.491 e. The molecular weight excluding hydrogens is 345 g/mol. The Morgan fingerprint density at radius 1 is 1.36 bits per heavy atom. The van der Waals surface area contributed by atoms with E-state index in [1.165, 1.54) is 16.4 Å². The van der Waals surface area contributed by atoms with Crippen molar-refractivity contribution in [3.63, 3.8) is 0 Å². The van der Waals surface area contributed by atoms with Crippen LogP contribution in [-0.4, -0.2) is 35.7 Å². The van der Waals surface area contributed by atoms with E-state index < -0.39 is 15.8 Å². The first-order chi connectivity index (χ1) is 11.9. The zero-order chi connectivity index (χ0) is 18.0. The molecule has 1 saturated heterocycles. The van der Waals surface area contributed by atoms with Crippen molar-refractivity contribution in [1.29, 1.82) is 0 Å². The fourth-order valence-electron chi connectivity index (χ4n) is 3.19. The van der Waals surface area contributed by atoms with E-state index in [1.807, 2.05) is 6.20 Å². The third-order valence-electron chi connectivity index (χ3n) is 4.37. The van der Waals surface area contributed by atoms with Crippen molar-refractivity contribution in [3.8, 4) is 5.75 Å². The number of piperidine rings is 1. The first-order valence-electron chi connectivity index (χ1n) is 8.36. The molecule has 6 nitrogen and oxygen atoms in total. The van der Waals surface area contributed by atoms with Crippen LogP contribution in [0.3, 0.4) is 0 Å². The Balaban J connectivity index is 1.95. The molecule has 0 saturated carbocycles. The highest BCUT2D eigenvalue weighted by atomic mass is 32.2. The number of sulfonamides is 1. The Bertz CT molecular complexity index is 851. The maximum atomic E-state index is 14.1. The highest BCUT2D eigenvalue weighted by Gasteiger charge is 2.35. The molecule has 0 radical (unpaired) electrons. The third kappa shape index (κ3) is 3.55. The summed E-state index contributed by atoms with van der Waals surface area (Å²) < 4.78 is 48.6. The second kappa shape index (κ2) is 7.13. The van der Waals surface area contributed by atoms with E-state index >= 15 is 0 Å². The van der Waals surface area contributed by atoms with Crippen LogP contribution in [-0.2, 0) is 17.1 Å². The largest absolute Gasteiger partial charge is 0.491 e. The number of rotatable bonds is 5. The number of ether oxygens (including phenoxy) is 1. The van der Waals surface area contributed by atoms with Gasteiger partial charge in [-0.3, -0.25) is 4.68 Å². The molecule has 1 aromatic heterocycles. The molecule has 0 amide bonds. The van der Waals surface area contributed by atoms with Gasteiger partial charge in [0.2, 0.25) is 10.0 Å². The summed E-state index contributed by atoms with van der Waals surface area (Å²) in [5.74, 6) is -0.609. The number of halogens is 1. The van der Waals surface area contributed by atoms with Crippen molar-refractivity contribution in [3.05, 3.63) is 42.0 Å². The predicted octanol–water partition coefficient (Wildman–Crippen LogP) is 2.87. The molecule has 3 rings (SSSR count). The fraction of sp³-hybridized carbons (Fsp3) is 0.471. The van der Waals surface area contributed by atoms with Gasteiger partial charge in [-0.1, -0.05) is 6.42 Å². The lowest BCUT2D eigenvalue weighted by molar-refractivity contribution is 0.255. The standard InChI is InChI=1S/C17H22FN3O3S/c1-3-24-17-8-7-14(10-15(17)18)25(22,23)21-9-5-4-6-16(21)13-11-19-20(2)12-13/h7-8,10-12,16H,3-6,9H2,1-2H3/t16-/m0/s1. The quantitative estimate of drug-likeness (QED) is 0.815. The number of aromatic nitrogens is 2. The molecule has 0 spiro atoms. The SMILES string of the molecule is CCOc1ccc(S(=O)(=O)N2CCCC[C@H]2c2cnn(C)c2)cc1F. The van der Waals surface area contributed by atoms with Gasteiger partial charge in [0.15, 0.2) is 11.6 Å². The molecule has 8 heteroatoms. The molecule has 136 valence electrons. The van der Waals surface area contributed by atoms with Crippen molar-refractivity contribution in [2.24, 2.45) is 7.05 Å². The van der Waals surface area contributed by atoms with Gasteiger partial charge in [0, 0.05) is 25.4 Å². The van der Waals surface area contributed by atoms with E-state index in [9.17, 15) is 12.8 Å². The van der Waals surface area contributed by atoms with Gasteiger partial charge >= 0.3 is 0 Å². The lowest BCUT2D eigenvalue weighted by atomic mass is 10.0. The molecule has 1 aliphatic heterocycles. The van der Waals surface area contributed by atoms with Crippen molar-refractivity contribution in [2.75, 3.05) is 13.2 Å². The average Bonchev–Trinajstić information content (AvgIpc) is 3.03. The Morgan fingerprint density at radius 2 is 2.16 bits per heavy atom. The van der Waals surface area contributed by atoms with Crippen LogP contribution in [0.4, 0.5) is 4.39 Å². The molecule has 0 N–H and O–H groups in total. The van der Waals surface area contributed by atoms with Gasteiger partial charge in [0.1, 0.15) is 0 Å². The average molecular weight is 367 g/mol. The molecule has 2 aromatic rings. The Kier molecular flexibility index (Phi) is 5.10. The fourth-order valence-corrected chi connectivity index (χ4v) is 4.88. The molecule has 0 aliphatic carbocycles. The first kappa shape index (κ1) is 17.9. The van der Waals surface area contributed by atoms with Crippen LogP contribution in [0.2, 0.25) is 0 Å². The highest BCUT2D eigenvalue weighted by Crippen LogP contribution is 2.35. The zero-order valence-corrected chi connectivity index (χ0v) is 15.2. The summed E-state index contributed by atoms with van der Waals surface area (Å²) in [5.41, 5.74) is 0.859. The van der Waals surface area contributed by atoms with E-state index in [0.717, 1.165) is 30.9 Å². The Labute approximate surface area is 147 Å². The van der Waals surface area contributed by atoms with E-state index in [-0.39, 0.29) is 16.7 Å². The topological polar surface area (TPSA) is 64.4 Å². The molecule has 1 aliphatic rings. The van der Waals surface area contributed by atoms with E-state index in [1.54, 1.807) is 24.9 Å². The van der Waals surface area contributed by atoms with Crippen LogP contribution >= 0.6 is 0 Å². The second-order valence-corrected chi connectivity index (χ2v) is 7.99. The normalized spacial score (nSPS) is 19.1. The van der Waals surface area contributed by atoms with Crippen molar-refractivity contribution in [1.82, 2.24) is 14.1 Å². The van der Waals surface area contributed by atoms with Gasteiger partial charge in [-0.05, 0) is 38.0 Å². The van der Waals surface area contributed by atoms with E-state index in [2.05, 4.69) is 5.10 Å². The van der Waals surface area contributed by atoms with Crippen LogP contribution in [0.15, 0.2) is 35.5 Å². The Morgan fingerprint density at radius 3 is 2.80 bits per heavy atom. The van der Waals surface area contributed by atoms with Gasteiger partial charge in [-0.15, -0.1) is 0 Å². The van der Waals surface area contributed by atoms with Gasteiger partial charge in [-0.2, -0.15) is 9.40 Å².